The summed E-state index contributed by atoms with van der Waals surface area (Å²) in [5.74, 6) is 0.923. The van der Waals surface area contributed by atoms with Gasteiger partial charge in [-0.2, -0.15) is 0 Å². The van der Waals surface area contributed by atoms with Gasteiger partial charge in [-0.1, -0.05) is 25.3 Å². The largest absolute Gasteiger partial charge is 0.351 e. The Bertz CT molecular complexity index is 688. The molecule has 3 heterocycles. The summed E-state index contributed by atoms with van der Waals surface area (Å²) in [6.07, 6.45) is 7.70. The highest BCUT2D eigenvalue weighted by atomic mass is 32.1. The Kier molecular flexibility index (Phi) is 5.54. The second-order valence-corrected chi connectivity index (χ2v) is 9.37. The van der Waals surface area contributed by atoms with E-state index in [1.807, 2.05) is 22.7 Å². The highest BCUT2D eigenvalue weighted by Crippen LogP contribution is 2.31. The molecule has 0 aromatic carbocycles. The molecule has 134 valence electrons. The van der Waals surface area contributed by atoms with E-state index in [1.54, 1.807) is 0 Å². The first-order valence-electron chi connectivity index (χ1n) is 9.52. The van der Waals surface area contributed by atoms with Crippen LogP contribution >= 0.6 is 22.7 Å². The summed E-state index contributed by atoms with van der Waals surface area (Å²) < 4.78 is 0. The Hall–Kier alpha value is -1.17. The van der Waals surface area contributed by atoms with Crippen LogP contribution in [0.2, 0.25) is 0 Å². The summed E-state index contributed by atoms with van der Waals surface area (Å²) >= 11 is 3.68. The van der Waals surface area contributed by atoms with Crippen LogP contribution in [0.1, 0.15) is 53.5 Å². The standard InChI is InChI=1S/C20H26N2OS2/c23-19(21-13-15-5-2-1-3-6-15)14-22-10-8-17-16(9-12-25-17)20(22)18-7-4-11-24-18/h4,7,9,11-12,15,20H,1-3,5-6,8,10,13-14H2,(H,21,23)/p+1/t20-/m0/s1. The number of amides is 1. The lowest BCUT2D eigenvalue weighted by Crippen LogP contribution is -3.14. The van der Waals surface area contributed by atoms with Crippen molar-refractivity contribution >= 4 is 28.6 Å². The van der Waals surface area contributed by atoms with Gasteiger partial charge in [-0.15, -0.1) is 22.7 Å². The summed E-state index contributed by atoms with van der Waals surface area (Å²) in [4.78, 5) is 16.9. The number of carbonyl (C=O) groups excluding carboxylic acids is 1. The average Bonchev–Trinajstić information content (AvgIpc) is 3.32. The number of quaternary nitrogens is 1. The van der Waals surface area contributed by atoms with Crippen molar-refractivity contribution < 1.29 is 9.69 Å². The number of carbonyl (C=O) groups is 1. The van der Waals surface area contributed by atoms with Crippen molar-refractivity contribution in [3.63, 3.8) is 0 Å². The third-order valence-corrected chi connectivity index (χ3v) is 7.63. The molecule has 25 heavy (non-hydrogen) atoms. The molecule has 1 saturated carbocycles. The topological polar surface area (TPSA) is 33.5 Å². The van der Waals surface area contributed by atoms with Gasteiger partial charge in [0.05, 0.1) is 11.4 Å². The Morgan fingerprint density at radius 3 is 2.84 bits per heavy atom. The van der Waals surface area contributed by atoms with Gasteiger partial charge in [0, 0.05) is 23.4 Å². The van der Waals surface area contributed by atoms with Gasteiger partial charge in [-0.3, -0.25) is 4.79 Å². The van der Waals surface area contributed by atoms with Crippen LogP contribution in [0.15, 0.2) is 29.0 Å². The summed E-state index contributed by atoms with van der Waals surface area (Å²) in [5.41, 5.74) is 1.44. The monoisotopic (exact) mass is 375 g/mol. The molecule has 0 saturated heterocycles. The van der Waals surface area contributed by atoms with Crippen LogP contribution in [0.25, 0.3) is 0 Å². The van der Waals surface area contributed by atoms with Gasteiger partial charge in [0.1, 0.15) is 6.04 Å². The molecule has 3 nitrogen and oxygen atoms in total. The molecule has 1 unspecified atom stereocenters. The molecule has 2 N–H and O–H groups in total. The van der Waals surface area contributed by atoms with Crippen molar-refractivity contribution in [2.75, 3.05) is 19.6 Å². The third kappa shape index (κ3) is 3.99. The maximum absolute atomic E-state index is 12.6. The van der Waals surface area contributed by atoms with Crippen LogP contribution in [-0.4, -0.2) is 25.5 Å². The molecule has 4 rings (SSSR count). The second kappa shape index (κ2) is 8.02. The zero-order valence-electron chi connectivity index (χ0n) is 14.6. The first-order chi connectivity index (χ1) is 12.3. The van der Waals surface area contributed by atoms with E-state index in [2.05, 4.69) is 34.3 Å². The molecule has 0 bridgehead atoms. The summed E-state index contributed by atoms with van der Waals surface area (Å²) in [5, 5.41) is 7.58. The Balaban J connectivity index is 1.41. The number of hydrogen-bond donors (Lipinski definition) is 2. The van der Waals surface area contributed by atoms with E-state index >= 15 is 0 Å². The smallest absolute Gasteiger partial charge is 0.275 e. The van der Waals surface area contributed by atoms with Gasteiger partial charge < -0.3 is 10.2 Å². The fourth-order valence-electron chi connectivity index (χ4n) is 4.37. The number of nitrogens with one attached hydrogen (secondary N) is 2. The second-order valence-electron chi connectivity index (χ2n) is 7.39. The molecule has 1 aliphatic carbocycles. The van der Waals surface area contributed by atoms with Gasteiger partial charge in [-0.05, 0) is 41.7 Å². The van der Waals surface area contributed by atoms with Crippen LogP contribution in [0.4, 0.5) is 0 Å². The van der Waals surface area contributed by atoms with E-state index in [-0.39, 0.29) is 5.91 Å². The maximum Gasteiger partial charge on any atom is 0.275 e. The maximum atomic E-state index is 12.6. The third-order valence-electron chi connectivity index (χ3n) is 5.70. The van der Waals surface area contributed by atoms with Gasteiger partial charge in [0.2, 0.25) is 0 Å². The van der Waals surface area contributed by atoms with Crippen molar-refractivity contribution in [1.82, 2.24) is 5.32 Å². The number of rotatable bonds is 5. The molecular formula is C20H27N2OS2+. The Morgan fingerprint density at radius 2 is 2.04 bits per heavy atom. The lowest BCUT2D eigenvalue weighted by atomic mass is 9.89. The predicted molar refractivity (Wildman–Crippen MR) is 104 cm³/mol. The molecule has 2 atom stereocenters. The van der Waals surface area contributed by atoms with Crippen molar-refractivity contribution in [2.24, 2.45) is 5.92 Å². The lowest BCUT2D eigenvalue weighted by molar-refractivity contribution is -0.919. The molecule has 2 aromatic heterocycles. The van der Waals surface area contributed by atoms with E-state index in [0.29, 0.717) is 18.5 Å². The van der Waals surface area contributed by atoms with E-state index in [4.69, 9.17) is 0 Å². The van der Waals surface area contributed by atoms with E-state index in [1.165, 1.54) is 52.3 Å². The summed E-state index contributed by atoms with van der Waals surface area (Å²) in [7, 11) is 0. The average molecular weight is 376 g/mol. The molecule has 2 aromatic rings. The van der Waals surface area contributed by atoms with Crippen molar-refractivity contribution in [3.8, 4) is 0 Å². The molecule has 0 spiro atoms. The SMILES string of the molecule is O=C(C[NH+]1CCc2sccc2[C@H]1c1cccs1)NCC1CCCCC1. The van der Waals surface area contributed by atoms with Crippen LogP contribution in [0.3, 0.4) is 0 Å². The quantitative estimate of drug-likeness (QED) is 0.827. The molecular weight excluding hydrogens is 348 g/mol. The highest BCUT2D eigenvalue weighted by Gasteiger charge is 2.35. The van der Waals surface area contributed by atoms with Crippen LogP contribution in [0.5, 0.6) is 0 Å². The van der Waals surface area contributed by atoms with Crippen LogP contribution in [-0.2, 0) is 11.2 Å². The van der Waals surface area contributed by atoms with Gasteiger partial charge in [0.25, 0.3) is 5.91 Å². The fraction of sp³-hybridized carbons (Fsp3) is 0.550. The van der Waals surface area contributed by atoms with E-state index in [9.17, 15) is 4.79 Å². The normalized spacial score (nSPS) is 24.0. The first kappa shape index (κ1) is 17.3. The predicted octanol–water partition coefficient (Wildman–Crippen LogP) is 3.04. The van der Waals surface area contributed by atoms with Gasteiger partial charge in [-0.25, -0.2) is 0 Å². The number of fused-ring (bicyclic) bond motifs is 1. The molecule has 1 fully saturated rings. The number of thiophene rings is 2. The minimum absolute atomic E-state index is 0.223. The molecule has 0 radical (unpaired) electrons. The minimum Gasteiger partial charge on any atom is -0.351 e. The van der Waals surface area contributed by atoms with Crippen LogP contribution in [0, 0.1) is 5.92 Å². The highest BCUT2D eigenvalue weighted by molar-refractivity contribution is 7.10. The van der Waals surface area contributed by atoms with Gasteiger partial charge in [0.15, 0.2) is 6.54 Å². The van der Waals surface area contributed by atoms with E-state index < -0.39 is 0 Å². The molecule has 1 amide bonds. The number of hydrogen-bond acceptors (Lipinski definition) is 3. The molecule has 2 aliphatic rings. The Labute approximate surface area is 158 Å². The Morgan fingerprint density at radius 1 is 1.16 bits per heavy atom. The van der Waals surface area contributed by atoms with Crippen molar-refractivity contribution in [3.05, 3.63) is 44.3 Å². The molecule has 1 aliphatic heterocycles. The zero-order chi connectivity index (χ0) is 17.1. The van der Waals surface area contributed by atoms with E-state index in [0.717, 1.165) is 19.5 Å². The molecule has 5 heteroatoms. The summed E-state index contributed by atoms with van der Waals surface area (Å²) in [6.45, 7) is 2.51. The van der Waals surface area contributed by atoms with Gasteiger partial charge >= 0.3 is 0 Å². The summed E-state index contributed by atoms with van der Waals surface area (Å²) in [6, 6.07) is 6.95. The zero-order valence-corrected chi connectivity index (χ0v) is 16.3. The van der Waals surface area contributed by atoms with Crippen LogP contribution < -0.4 is 10.2 Å². The van der Waals surface area contributed by atoms with Crippen molar-refractivity contribution in [2.45, 2.75) is 44.6 Å². The lowest BCUT2D eigenvalue weighted by Gasteiger charge is -2.32. The first-order valence-corrected chi connectivity index (χ1v) is 11.3. The minimum atomic E-state index is 0.223. The van der Waals surface area contributed by atoms with Crippen molar-refractivity contribution in [1.29, 1.82) is 0 Å². The fourth-order valence-corrected chi connectivity index (χ4v) is 6.19.